The van der Waals surface area contributed by atoms with Gasteiger partial charge >= 0.3 is 0 Å². The van der Waals surface area contributed by atoms with Crippen molar-refractivity contribution in [1.82, 2.24) is 4.90 Å². The Hall–Kier alpha value is -0.870. The average molecular weight is 293 g/mol. The first kappa shape index (κ1) is 14.1. The Labute approximate surface area is 124 Å². The fourth-order valence-electron chi connectivity index (χ4n) is 2.96. The van der Waals surface area contributed by atoms with Gasteiger partial charge < -0.3 is 0 Å². The lowest BCUT2D eigenvalue weighted by Gasteiger charge is -2.36. The zero-order chi connectivity index (χ0) is 14.1. The zero-order valence-corrected chi connectivity index (χ0v) is 12.4. The molecular formula is C16H20FNOS. The first-order valence-corrected chi connectivity index (χ1v) is 7.88. The minimum Gasteiger partial charge on any atom is -0.297 e. The highest BCUT2D eigenvalue weighted by atomic mass is 32.1. The van der Waals surface area contributed by atoms with Crippen molar-refractivity contribution in [1.29, 1.82) is 0 Å². The van der Waals surface area contributed by atoms with Crippen LogP contribution in [0.4, 0.5) is 4.39 Å². The quantitative estimate of drug-likeness (QED) is 0.860. The predicted octanol–water partition coefficient (Wildman–Crippen LogP) is 3.24. The minimum absolute atomic E-state index is 0.147. The van der Waals surface area contributed by atoms with Crippen LogP contribution in [0.1, 0.15) is 37.3 Å². The standard InChI is InChI=1S/C16H20FNOS/c17-14-4-2-1-3-13(14)15(16(19)11-5-6-11)18-9-7-12(20)8-10-18/h1-4,11-12,15,20H,5-10H2. The topological polar surface area (TPSA) is 20.3 Å². The van der Waals surface area contributed by atoms with Crippen LogP contribution in [0.15, 0.2) is 24.3 Å². The van der Waals surface area contributed by atoms with Crippen molar-refractivity contribution in [2.45, 2.75) is 37.0 Å². The number of ketones is 1. The number of nitrogens with zero attached hydrogens (tertiary/aromatic N) is 1. The molecular weight excluding hydrogens is 273 g/mol. The summed E-state index contributed by atoms with van der Waals surface area (Å²) in [5.74, 6) is 0.0838. The Morgan fingerprint density at radius 1 is 1.20 bits per heavy atom. The number of hydrogen-bond acceptors (Lipinski definition) is 3. The van der Waals surface area contributed by atoms with E-state index < -0.39 is 6.04 Å². The number of carbonyl (C=O) groups excluding carboxylic acids is 1. The Balaban J connectivity index is 1.87. The summed E-state index contributed by atoms with van der Waals surface area (Å²) in [6.45, 7) is 1.65. The number of likely N-dealkylation sites (tertiary alicyclic amines) is 1. The molecule has 2 fully saturated rings. The summed E-state index contributed by atoms with van der Waals surface area (Å²) in [7, 11) is 0. The van der Waals surface area contributed by atoms with Crippen molar-refractivity contribution in [3.63, 3.8) is 0 Å². The van der Waals surface area contributed by atoms with Gasteiger partial charge in [-0.15, -0.1) is 0 Å². The van der Waals surface area contributed by atoms with E-state index in [1.54, 1.807) is 12.1 Å². The first-order chi connectivity index (χ1) is 9.66. The van der Waals surface area contributed by atoms with Gasteiger partial charge in [-0.2, -0.15) is 12.6 Å². The SMILES string of the molecule is O=C(C1CC1)C(c1ccccc1F)N1CCC(S)CC1. The molecule has 1 aromatic rings. The van der Waals surface area contributed by atoms with Crippen LogP contribution in [-0.4, -0.2) is 29.0 Å². The van der Waals surface area contributed by atoms with Gasteiger partial charge in [0.1, 0.15) is 5.82 Å². The second-order valence-electron chi connectivity index (χ2n) is 5.87. The highest BCUT2D eigenvalue weighted by Crippen LogP contribution is 2.38. The van der Waals surface area contributed by atoms with Crippen molar-refractivity contribution < 1.29 is 9.18 Å². The van der Waals surface area contributed by atoms with E-state index in [1.165, 1.54) is 6.07 Å². The highest BCUT2D eigenvalue weighted by Gasteiger charge is 2.40. The molecule has 2 aliphatic rings. The molecule has 0 spiro atoms. The third-order valence-corrected chi connectivity index (χ3v) is 4.83. The van der Waals surface area contributed by atoms with Gasteiger partial charge in [-0.3, -0.25) is 9.69 Å². The monoisotopic (exact) mass is 293 g/mol. The number of rotatable bonds is 4. The summed E-state index contributed by atoms with van der Waals surface area (Å²) >= 11 is 4.50. The van der Waals surface area contributed by atoms with Gasteiger partial charge in [0.15, 0.2) is 5.78 Å². The minimum atomic E-state index is -0.399. The van der Waals surface area contributed by atoms with Crippen LogP contribution in [0.25, 0.3) is 0 Å². The van der Waals surface area contributed by atoms with E-state index in [0.717, 1.165) is 38.8 Å². The van der Waals surface area contributed by atoms with Crippen LogP contribution in [0.5, 0.6) is 0 Å². The number of carbonyl (C=O) groups is 1. The molecule has 2 nitrogen and oxygen atoms in total. The van der Waals surface area contributed by atoms with E-state index in [9.17, 15) is 9.18 Å². The molecule has 20 heavy (non-hydrogen) atoms. The average Bonchev–Trinajstić information content (AvgIpc) is 3.27. The summed E-state index contributed by atoms with van der Waals surface area (Å²) in [6.07, 6.45) is 3.86. The second-order valence-corrected chi connectivity index (χ2v) is 6.60. The van der Waals surface area contributed by atoms with Gasteiger partial charge in [-0.1, -0.05) is 18.2 Å². The maximum Gasteiger partial charge on any atom is 0.157 e. The normalized spacial score (nSPS) is 22.7. The molecule has 1 atom stereocenters. The third-order valence-electron chi connectivity index (χ3n) is 4.31. The molecule has 0 bridgehead atoms. The lowest BCUT2D eigenvalue weighted by molar-refractivity contribution is -0.126. The molecule has 1 aromatic carbocycles. The van der Waals surface area contributed by atoms with Crippen LogP contribution in [0.2, 0.25) is 0 Å². The first-order valence-electron chi connectivity index (χ1n) is 7.37. The summed E-state index contributed by atoms with van der Waals surface area (Å²) in [6, 6.07) is 6.31. The highest BCUT2D eigenvalue weighted by molar-refractivity contribution is 7.80. The number of benzene rings is 1. The van der Waals surface area contributed by atoms with E-state index in [0.29, 0.717) is 10.8 Å². The molecule has 4 heteroatoms. The fourth-order valence-corrected chi connectivity index (χ4v) is 3.19. The summed E-state index contributed by atoms with van der Waals surface area (Å²) in [5.41, 5.74) is 0.544. The van der Waals surface area contributed by atoms with Crippen LogP contribution in [0.3, 0.4) is 0 Å². The third kappa shape index (κ3) is 2.91. The predicted molar refractivity (Wildman–Crippen MR) is 80.5 cm³/mol. The van der Waals surface area contributed by atoms with Gasteiger partial charge in [0.25, 0.3) is 0 Å². The Kier molecular flexibility index (Phi) is 4.13. The van der Waals surface area contributed by atoms with Crippen LogP contribution < -0.4 is 0 Å². The zero-order valence-electron chi connectivity index (χ0n) is 11.5. The van der Waals surface area contributed by atoms with E-state index >= 15 is 0 Å². The molecule has 3 rings (SSSR count). The molecule has 108 valence electrons. The lowest BCUT2D eigenvalue weighted by Crippen LogP contribution is -2.41. The largest absolute Gasteiger partial charge is 0.297 e. The molecule has 1 saturated heterocycles. The second kappa shape index (κ2) is 5.86. The molecule has 1 unspecified atom stereocenters. The molecule has 1 aliphatic heterocycles. The fraction of sp³-hybridized carbons (Fsp3) is 0.562. The van der Waals surface area contributed by atoms with Crippen LogP contribution in [-0.2, 0) is 4.79 Å². The van der Waals surface area contributed by atoms with Gasteiger partial charge in [0.2, 0.25) is 0 Å². The Morgan fingerprint density at radius 2 is 1.85 bits per heavy atom. The Morgan fingerprint density at radius 3 is 2.45 bits per heavy atom. The van der Waals surface area contributed by atoms with Crippen LogP contribution in [0, 0.1) is 11.7 Å². The number of Topliss-reactive ketones (excluding diaryl/α,β-unsaturated/α-hetero) is 1. The molecule has 0 N–H and O–H groups in total. The van der Waals surface area contributed by atoms with Crippen molar-refractivity contribution in [3.8, 4) is 0 Å². The van der Waals surface area contributed by atoms with Crippen LogP contribution >= 0.6 is 12.6 Å². The molecule has 0 radical (unpaired) electrons. The van der Waals surface area contributed by atoms with Gasteiger partial charge in [-0.25, -0.2) is 4.39 Å². The maximum atomic E-state index is 14.1. The molecule has 1 heterocycles. The number of halogens is 1. The van der Waals surface area contributed by atoms with Crippen molar-refractivity contribution in [2.24, 2.45) is 5.92 Å². The molecule has 1 aliphatic carbocycles. The van der Waals surface area contributed by atoms with Gasteiger partial charge in [0.05, 0.1) is 6.04 Å². The maximum absolute atomic E-state index is 14.1. The van der Waals surface area contributed by atoms with Gasteiger partial charge in [-0.05, 0) is 31.7 Å². The summed E-state index contributed by atoms with van der Waals surface area (Å²) < 4.78 is 14.1. The van der Waals surface area contributed by atoms with Crippen molar-refractivity contribution >= 4 is 18.4 Å². The summed E-state index contributed by atoms with van der Waals surface area (Å²) in [5, 5.41) is 0.406. The molecule has 0 aromatic heterocycles. The lowest BCUT2D eigenvalue weighted by atomic mass is 9.95. The summed E-state index contributed by atoms with van der Waals surface area (Å²) in [4.78, 5) is 14.8. The van der Waals surface area contributed by atoms with E-state index in [2.05, 4.69) is 17.5 Å². The van der Waals surface area contributed by atoms with E-state index in [4.69, 9.17) is 0 Å². The number of hydrogen-bond donors (Lipinski definition) is 1. The molecule has 1 saturated carbocycles. The Bertz CT molecular complexity index is 495. The van der Waals surface area contributed by atoms with E-state index in [1.807, 2.05) is 6.07 Å². The number of piperidine rings is 1. The van der Waals surface area contributed by atoms with Crippen molar-refractivity contribution in [3.05, 3.63) is 35.6 Å². The van der Waals surface area contributed by atoms with Gasteiger partial charge in [0, 0.05) is 29.8 Å². The number of thiol groups is 1. The molecule has 0 amide bonds. The van der Waals surface area contributed by atoms with E-state index in [-0.39, 0.29) is 17.5 Å². The smallest absolute Gasteiger partial charge is 0.157 e. The van der Waals surface area contributed by atoms with Crippen molar-refractivity contribution in [2.75, 3.05) is 13.1 Å².